The van der Waals surface area contributed by atoms with Crippen LogP contribution in [-0.4, -0.2) is 26.8 Å². The molecule has 0 bridgehead atoms. The Kier molecular flexibility index (Phi) is 5.59. The lowest BCUT2D eigenvalue weighted by Crippen LogP contribution is -2.13. The Morgan fingerprint density at radius 3 is 2.59 bits per heavy atom. The second-order valence-electron chi connectivity index (χ2n) is 4.12. The van der Waals surface area contributed by atoms with Crippen LogP contribution in [0.25, 0.3) is 0 Å². The van der Waals surface area contributed by atoms with Gasteiger partial charge in [0.25, 0.3) is 0 Å². The summed E-state index contributed by atoms with van der Waals surface area (Å²) in [4.78, 5) is 0. The highest BCUT2D eigenvalue weighted by atomic mass is 35.5. The van der Waals surface area contributed by atoms with Gasteiger partial charge in [-0.25, -0.2) is 0 Å². The van der Waals surface area contributed by atoms with Crippen molar-refractivity contribution in [1.29, 1.82) is 0 Å². The molecule has 0 aliphatic carbocycles. The van der Waals surface area contributed by atoms with E-state index in [9.17, 15) is 0 Å². The van der Waals surface area contributed by atoms with Crippen LogP contribution < -0.4 is 14.8 Å². The molecule has 1 aromatic rings. The van der Waals surface area contributed by atoms with Gasteiger partial charge in [-0.05, 0) is 39.9 Å². The maximum Gasteiger partial charge on any atom is 0.164 e. The number of rotatable bonds is 6. The molecule has 1 aromatic carbocycles. The van der Waals surface area contributed by atoms with E-state index in [0.29, 0.717) is 10.8 Å². The summed E-state index contributed by atoms with van der Waals surface area (Å²) in [5.41, 5.74) is 1.07. The summed E-state index contributed by atoms with van der Waals surface area (Å²) in [6, 6.07) is 3.71. The molecule has 3 nitrogen and oxygen atoms in total. The molecule has 1 N–H and O–H groups in total. The van der Waals surface area contributed by atoms with E-state index in [0.717, 1.165) is 24.3 Å². The summed E-state index contributed by atoms with van der Waals surface area (Å²) in [7, 11) is 3.55. The van der Waals surface area contributed by atoms with Gasteiger partial charge in [0.1, 0.15) is 0 Å². The van der Waals surface area contributed by atoms with E-state index >= 15 is 0 Å². The Morgan fingerprint density at radius 2 is 2.06 bits per heavy atom. The first kappa shape index (κ1) is 14.1. The fourth-order valence-corrected chi connectivity index (χ4v) is 1.82. The monoisotopic (exact) mass is 257 g/mol. The molecule has 0 saturated heterocycles. The smallest absolute Gasteiger partial charge is 0.164 e. The molecule has 1 rings (SSSR count). The van der Waals surface area contributed by atoms with Crippen LogP contribution in [-0.2, 0) is 6.42 Å². The van der Waals surface area contributed by atoms with Crippen molar-refractivity contribution in [3.8, 4) is 11.5 Å². The average molecular weight is 258 g/mol. The van der Waals surface area contributed by atoms with Crippen LogP contribution in [0.1, 0.15) is 19.4 Å². The van der Waals surface area contributed by atoms with Crippen LogP contribution in [0.15, 0.2) is 12.1 Å². The van der Waals surface area contributed by atoms with Crippen LogP contribution in [0, 0.1) is 0 Å². The van der Waals surface area contributed by atoms with E-state index < -0.39 is 0 Å². The number of nitrogens with one attached hydrogen (secondary N) is 1. The van der Waals surface area contributed by atoms with Crippen LogP contribution in [0.5, 0.6) is 11.5 Å². The molecular formula is C13H20ClNO2. The third-order valence-electron chi connectivity index (χ3n) is 2.31. The van der Waals surface area contributed by atoms with Crippen molar-refractivity contribution in [1.82, 2.24) is 5.32 Å². The second-order valence-corrected chi connectivity index (χ2v) is 4.55. The summed E-state index contributed by atoms with van der Waals surface area (Å²) in [6.07, 6.45) is 0.966. The molecule has 0 unspecified atom stereocenters. The largest absolute Gasteiger partial charge is 0.493 e. The molecule has 4 heteroatoms. The molecule has 17 heavy (non-hydrogen) atoms. The number of ether oxygens (including phenoxy) is 2. The van der Waals surface area contributed by atoms with Gasteiger partial charge in [0.15, 0.2) is 11.5 Å². The van der Waals surface area contributed by atoms with Gasteiger partial charge >= 0.3 is 0 Å². The molecule has 0 aliphatic rings. The Bertz CT molecular complexity index is 367. The van der Waals surface area contributed by atoms with Crippen molar-refractivity contribution in [2.45, 2.75) is 26.4 Å². The van der Waals surface area contributed by atoms with Gasteiger partial charge < -0.3 is 14.8 Å². The SMILES string of the molecule is CNCCc1cc(Cl)cc(OC)c1OC(C)C. The standard InChI is InChI=1S/C13H20ClNO2/c1-9(2)17-13-10(5-6-15-3)7-11(14)8-12(13)16-4/h7-9,15H,5-6H2,1-4H3. The van der Waals surface area contributed by atoms with Gasteiger partial charge in [0.05, 0.1) is 13.2 Å². The molecule has 96 valence electrons. The second kappa shape index (κ2) is 6.72. The predicted octanol–water partition coefficient (Wildman–Crippen LogP) is 2.90. The van der Waals surface area contributed by atoms with Gasteiger partial charge in [-0.15, -0.1) is 0 Å². The maximum absolute atomic E-state index is 6.06. The lowest BCUT2D eigenvalue weighted by molar-refractivity contribution is 0.227. The first-order valence-corrected chi connectivity index (χ1v) is 6.14. The van der Waals surface area contributed by atoms with Crippen LogP contribution in [0.3, 0.4) is 0 Å². The third-order valence-corrected chi connectivity index (χ3v) is 2.53. The van der Waals surface area contributed by atoms with Crippen molar-refractivity contribution in [2.75, 3.05) is 20.7 Å². The fourth-order valence-electron chi connectivity index (χ4n) is 1.59. The molecular weight excluding hydrogens is 238 g/mol. The maximum atomic E-state index is 6.06. The number of halogens is 1. The Labute approximate surface area is 108 Å². The van der Waals surface area contributed by atoms with Crippen molar-refractivity contribution < 1.29 is 9.47 Å². The first-order chi connectivity index (χ1) is 8.08. The summed E-state index contributed by atoms with van der Waals surface area (Å²) < 4.78 is 11.1. The van der Waals surface area contributed by atoms with Crippen LogP contribution in [0.4, 0.5) is 0 Å². The zero-order valence-electron chi connectivity index (χ0n) is 10.8. The summed E-state index contributed by atoms with van der Waals surface area (Å²) >= 11 is 6.06. The zero-order valence-corrected chi connectivity index (χ0v) is 11.6. The molecule has 0 spiro atoms. The van der Waals surface area contributed by atoms with Crippen molar-refractivity contribution in [2.24, 2.45) is 0 Å². The van der Waals surface area contributed by atoms with Gasteiger partial charge in [0.2, 0.25) is 0 Å². The van der Waals surface area contributed by atoms with E-state index in [2.05, 4.69) is 5.32 Å². The molecule has 0 radical (unpaired) electrons. The lowest BCUT2D eigenvalue weighted by Gasteiger charge is -2.18. The predicted molar refractivity (Wildman–Crippen MR) is 71.4 cm³/mol. The minimum atomic E-state index is 0.110. The first-order valence-electron chi connectivity index (χ1n) is 5.76. The molecule has 0 aromatic heterocycles. The van der Waals surface area contributed by atoms with Gasteiger partial charge in [-0.3, -0.25) is 0 Å². The summed E-state index contributed by atoms with van der Waals surface area (Å²) in [6.45, 7) is 4.86. The lowest BCUT2D eigenvalue weighted by atomic mass is 10.1. The molecule has 0 saturated carbocycles. The van der Waals surface area contributed by atoms with Crippen molar-refractivity contribution in [3.63, 3.8) is 0 Å². The number of likely N-dealkylation sites (N-methyl/N-ethyl adjacent to an activating group) is 1. The molecule has 0 atom stereocenters. The minimum Gasteiger partial charge on any atom is -0.493 e. The fraction of sp³-hybridized carbons (Fsp3) is 0.538. The van der Waals surface area contributed by atoms with Crippen LogP contribution >= 0.6 is 11.6 Å². The van der Waals surface area contributed by atoms with Gasteiger partial charge in [-0.1, -0.05) is 11.6 Å². The topological polar surface area (TPSA) is 30.5 Å². The van der Waals surface area contributed by atoms with Crippen molar-refractivity contribution >= 4 is 11.6 Å². The third kappa shape index (κ3) is 4.10. The minimum absolute atomic E-state index is 0.110. The van der Waals surface area contributed by atoms with Crippen molar-refractivity contribution in [3.05, 3.63) is 22.7 Å². The Balaban J connectivity index is 3.08. The van der Waals surface area contributed by atoms with E-state index in [1.807, 2.05) is 27.0 Å². The zero-order chi connectivity index (χ0) is 12.8. The van der Waals surface area contributed by atoms with E-state index in [1.165, 1.54) is 0 Å². The average Bonchev–Trinajstić information content (AvgIpc) is 2.28. The van der Waals surface area contributed by atoms with E-state index in [4.69, 9.17) is 21.1 Å². The number of methoxy groups -OCH3 is 1. The van der Waals surface area contributed by atoms with E-state index in [1.54, 1.807) is 13.2 Å². The van der Waals surface area contributed by atoms with E-state index in [-0.39, 0.29) is 6.10 Å². The highest BCUT2D eigenvalue weighted by Gasteiger charge is 2.13. The van der Waals surface area contributed by atoms with Gasteiger partial charge in [0, 0.05) is 16.7 Å². The number of benzene rings is 1. The number of hydrogen-bond acceptors (Lipinski definition) is 3. The highest BCUT2D eigenvalue weighted by Crippen LogP contribution is 2.35. The Hall–Kier alpha value is -0.930. The number of hydrogen-bond donors (Lipinski definition) is 1. The highest BCUT2D eigenvalue weighted by molar-refractivity contribution is 6.30. The summed E-state index contributed by atoms with van der Waals surface area (Å²) in [5.74, 6) is 1.49. The normalized spacial score (nSPS) is 10.7. The molecule has 0 fully saturated rings. The quantitative estimate of drug-likeness (QED) is 0.850. The molecule has 0 heterocycles. The molecule has 0 aliphatic heterocycles. The Morgan fingerprint density at radius 1 is 1.35 bits per heavy atom. The summed E-state index contributed by atoms with van der Waals surface area (Å²) in [5, 5.41) is 3.78. The molecule has 0 amide bonds. The van der Waals surface area contributed by atoms with Gasteiger partial charge in [-0.2, -0.15) is 0 Å². The van der Waals surface area contributed by atoms with Crippen LogP contribution in [0.2, 0.25) is 5.02 Å².